The molecule has 1 aliphatic rings. The van der Waals surface area contributed by atoms with Gasteiger partial charge in [0.25, 0.3) is 5.91 Å². The van der Waals surface area contributed by atoms with Crippen LogP contribution in [0.2, 0.25) is 0 Å². The smallest absolute Gasteiger partial charge is 0.289 e. The minimum Gasteiger partial charge on any atom is -0.451 e. The van der Waals surface area contributed by atoms with Gasteiger partial charge in [0.05, 0.1) is 0 Å². The molecule has 1 aromatic heterocycles. The zero-order valence-electron chi connectivity index (χ0n) is 12.7. The van der Waals surface area contributed by atoms with Gasteiger partial charge in [-0.3, -0.25) is 4.79 Å². The predicted molar refractivity (Wildman–Crippen MR) is 82.1 cm³/mol. The molecule has 1 N–H and O–H groups in total. The summed E-state index contributed by atoms with van der Waals surface area (Å²) in [7, 11) is 0. The monoisotopic (exact) mass is 302 g/mol. The zero-order valence-corrected chi connectivity index (χ0v) is 12.7. The Morgan fingerprint density at radius 2 is 1.95 bits per heavy atom. The van der Waals surface area contributed by atoms with Crippen molar-refractivity contribution in [3.63, 3.8) is 0 Å². The Labute approximate surface area is 128 Å². The van der Waals surface area contributed by atoms with Crippen LogP contribution in [-0.4, -0.2) is 36.0 Å². The molecule has 0 saturated carbocycles. The van der Waals surface area contributed by atoms with Crippen molar-refractivity contribution in [2.45, 2.75) is 25.9 Å². The number of carbonyl (C=O) groups excluding carboxylic acids is 1. The summed E-state index contributed by atoms with van der Waals surface area (Å²) in [6, 6.07) is 9.82. The quantitative estimate of drug-likeness (QED) is 0.928. The van der Waals surface area contributed by atoms with Crippen LogP contribution in [0.4, 0.5) is 4.39 Å². The van der Waals surface area contributed by atoms with Crippen molar-refractivity contribution in [3.8, 4) is 11.3 Å². The summed E-state index contributed by atoms with van der Waals surface area (Å²) >= 11 is 0. The van der Waals surface area contributed by atoms with E-state index in [0.29, 0.717) is 18.1 Å². The molecular weight excluding hydrogens is 283 g/mol. The molecule has 0 spiro atoms. The van der Waals surface area contributed by atoms with Crippen LogP contribution < -0.4 is 5.32 Å². The van der Waals surface area contributed by atoms with Gasteiger partial charge in [0.15, 0.2) is 5.76 Å². The second kappa shape index (κ2) is 5.93. The van der Waals surface area contributed by atoms with Crippen molar-refractivity contribution >= 4 is 5.91 Å². The van der Waals surface area contributed by atoms with Gasteiger partial charge in [-0.2, -0.15) is 0 Å². The first kappa shape index (κ1) is 14.8. The molecule has 22 heavy (non-hydrogen) atoms. The Morgan fingerprint density at radius 3 is 2.68 bits per heavy atom. The molecule has 1 fully saturated rings. The Bertz CT molecular complexity index is 666. The number of rotatable bonds is 2. The van der Waals surface area contributed by atoms with Crippen LogP contribution in [0.1, 0.15) is 24.4 Å². The van der Waals surface area contributed by atoms with E-state index in [1.165, 1.54) is 12.1 Å². The van der Waals surface area contributed by atoms with Gasteiger partial charge in [0.1, 0.15) is 11.6 Å². The molecule has 1 aromatic carbocycles. The second-order valence-electron chi connectivity index (χ2n) is 5.65. The van der Waals surface area contributed by atoms with Crippen LogP contribution >= 0.6 is 0 Å². The molecule has 0 aliphatic carbocycles. The number of nitrogens with one attached hydrogen (secondary N) is 1. The first-order valence-corrected chi connectivity index (χ1v) is 7.46. The largest absolute Gasteiger partial charge is 0.451 e. The lowest BCUT2D eigenvalue weighted by atomic mass is 10.1. The number of halogens is 1. The van der Waals surface area contributed by atoms with Crippen molar-refractivity contribution < 1.29 is 13.6 Å². The molecule has 2 heterocycles. The predicted octanol–water partition coefficient (Wildman–Crippen LogP) is 2.91. The molecule has 2 aromatic rings. The lowest BCUT2D eigenvalue weighted by Gasteiger charge is -2.38. The molecule has 1 aliphatic heterocycles. The zero-order chi connectivity index (χ0) is 15.7. The third-order valence-electron chi connectivity index (χ3n) is 4.24. The minimum absolute atomic E-state index is 0.103. The van der Waals surface area contributed by atoms with Gasteiger partial charge < -0.3 is 14.6 Å². The van der Waals surface area contributed by atoms with Gasteiger partial charge in [-0.25, -0.2) is 4.39 Å². The van der Waals surface area contributed by atoms with E-state index >= 15 is 0 Å². The lowest BCUT2D eigenvalue weighted by molar-refractivity contribution is 0.0571. The number of hydrogen-bond acceptors (Lipinski definition) is 3. The van der Waals surface area contributed by atoms with Crippen molar-refractivity contribution in [1.82, 2.24) is 10.2 Å². The molecule has 4 nitrogen and oxygen atoms in total. The summed E-state index contributed by atoms with van der Waals surface area (Å²) in [5, 5.41) is 3.34. The van der Waals surface area contributed by atoms with Gasteiger partial charge in [-0.05, 0) is 50.2 Å². The number of furan rings is 1. The van der Waals surface area contributed by atoms with Crippen LogP contribution in [0.15, 0.2) is 40.8 Å². The Hall–Kier alpha value is -2.14. The third kappa shape index (κ3) is 2.76. The highest BCUT2D eigenvalue weighted by molar-refractivity contribution is 5.92. The van der Waals surface area contributed by atoms with Gasteiger partial charge in [0.2, 0.25) is 0 Å². The topological polar surface area (TPSA) is 45.5 Å². The van der Waals surface area contributed by atoms with Crippen molar-refractivity contribution in [2.75, 3.05) is 13.1 Å². The van der Waals surface area contributed by atoms with Gasteiger partial charge in [-0.1, -0.05) is 0 Å². The van der Waals surface area contributed by atoms with Crippen LogP contribution in [0.3, 0.4) is 0 Å². The van der Waals surface area contributed by atoms with Crippen LogP contribution in [-0.2, 0) is 0 Å². The summed E-state index contributed by atoms with van der Waals surface area (Å²) in [4.78, 5) is 14.4. The van der Waals surface area contributed by atoms with E-state index in [-0.39, 0.29) is 23.8 Å². The van der Waals surface area contributed by atoms with Crippen LogP contribution in [0.5, 0.6) is 0 Å². The summed E-state index contributed by atoms with van der Waals surface area (Å²) < 4.78 is 18.6. The van der Waals surface area contributed by atoms with Gasteiger partial charge >= 0.3 is 0 Å². The van der Waals surface area contributed by atoms with E-state index in [9.17, 15) is 9.18 Å². The molecule has 0 bridgehead atoms. The molecular formula is C17H19FN2O2. The number of benzene rings is 1. The fourth-order valence-electron chi connectivity index (χ4n) is 2.71. The van der Waals surface area contributed by atoms with E-state index in [1.807, 2.05) is 11.8 Å². The molecule has 5 heteroatoms. The Morgan fingerprint density at radius 1 is 1.23 bits per heavy atom. The van der Waals surface area contributed by atoms with Crippen LogP contribution in [0.25, 0.3) is 11.3 Å². The fourth-order valence-corrected chi connectivity index (χ4v) is 2.71. The number of piperazine rings is 1. The molecule has 3 rings (SSSR count). The average molecular weight is 302 g/mol. The van der Waals surface area contributed by atoms with Gasteiger partial charge in [-0.15, -0.1) is 0 Å². The maximum atomic E-state index is 13.0. The number of nitrogens with zero attached hydrogens (tertiary/aromatic N) is 1. The minimum atomic E-state index is -0.296. The average Bonchev–Trinajstić information content (AvgIpc) is 3.00. The summed E-state index contributed by atoms with van der Waals surface area (Å²) in [6.45, 7) is 5.54. The Balaban J connectivity index is 1.81. The van der Waals surface area contributed by atoms with E-state index in [4.69, 9.17) is 4.42 Å². The molecule has 0 radical (unpaired) electrons. The number of carbonyl (C=O) groups is 1. The highest BCUT2D eigenvalue weighted by atomic mass is 19.1. The van der Waals surface area contributed by atoms with Crippen molar-refractivity contribution in [2.24, 2.45) is 0 Å². The van der Waals surface area contributed by atoms with Crippen LogP contribution in [0, 0.1) is 5.82 Å². The third-order valence-corrected chi connectivity index (χ3v) is 4.24. The van der Waals surface area contributed by atoms with E-state index < -0.39 is 0 Å². The molecule has 116 valence electrons. The normalized spacial score (nSPS) is 21.9. The van der Waals surface area contributed by atoms with Gasteiger partial charge in [0, 0.05) is 30.7 Å². The van der Waals surface area contributed by atoms with E-state index in [2.05, 4.69) is 12.2 Å². The maximum absolute atomic E-state index is 13.0. The summed E-state index contributed by atoms with van der Waals surface area (Å²) in [5.74, 6) is 0.490. The van der Waals surface area contributed by atoms with Crippen molar-refractivity contribution in [3.05, 3.63) is 48.0 Å². The highest BCUT2D eigenvalue weighted by Gasteiger charge is 2.30. The van der Waals surface area contributed by atoms with Crippen molar-refractivity contribution in [1.29, 1.82) is 0 Å². The second-order valence-corrected chi connectivity index (χ2v) is 5.65. The van der Waals surface area contributed by atoms with E-state index in [0.717, 1.165) is 12.1 Å². The number of amides is 1. The highest BCUT2D eigenvalue weighted by Crippen LogP contribution is 2.24. The Kier molecular flexibility index (Phi) is 3.98. The summed E-state index contributed by atoms with van der Waals surface area (Å²) in [6.07, 6.45) is 0. The summed E-state index contributed by atoms with van der Waals surface area (Å²) in [5.41, 5.74) is 0.752. The molecule has 2 atom stereocenters. The maximum Gasteiger partial charge on any atom is 0.289 e. The number of hydrogen-bond donors (Lipinski definition) is 1. The SMILES string of the molecule is CC1NCCN(C(=O)c2ccc(-c3ccc(F)cc3)o2)C1C. The molecule has 1 saturated heterocycles. The standard InChI is InChI=1S/C17H19FN2O2/c1-11-12(2)20(10-9-19-11)17(21)16-8-7-15(22-16)13-3-5-14(18)6-4-13/h3-8,11-12,19H,9-10H2,1-2H3. The first-order chi connectivity index (χ1) is 10.6. The lowest BCUT2D eigenvalue weighted by Crippen LogP contribution is -2.57. The molecule has 1 amide bonds. The molecule has 2 unspecified atom stereocenters. The van der Waals surface area contributed by atoms with E-state index in [1.54, 1.807) is 24.3 Å². The first-order valence-electron chi connectivity index (χ1n) is 7.46. The fraction of sp³-hybridized carbons (Fsp3) is 0.353.